The molecule has 1 aromatic carbocycles. The summed E-state index contributed by atoms with van der Waals surface area (Å²) in [6, 6.07) is 5.21. The fraction of sp³-hybridized carbons (Fsp3) is 0.474. The Kier molecular flexibility index (Phi) is 7.63. The summed E-state index contributed by atoms with van der Waals surface area (Å²) in [6.45, 7) is 11.3. The van der Waals surface area contributed by atoms with E-state index < -0.39 is 0 Å². The van der Waals surface area contributed by atoms with Gasteiger partial charge in [0.05, 0.1) is 12.6 Å². The standard InChI is InChI=1S/C19H27ClN4O2/c1-4-7-21-18(25)13-23-8-10-24(11-9-23)15(3)19(26)22-17-12-16(20)6-5-14(17)2/h4-6,12,15H,1,7-11,13H2,2-3H3,(H,21,25)(H,22,26)/t15-/m0/s1. The van der Waals surface area contributed by atoms with Crippen LogP contribution >= 0.6 is 11.6 Å². The van der Waals surface area contributed by atoms with Crippen LogP contribution in [-0.4, -0.2) is 66.9 Å². The van der Waals surface area contributed by atoms with Crippen LogP contribution in [0, 0.1) is 6.92 Å². The van der Waals surface area contributed by atoms with Crippen LogP contribution < -0.4 is 10.6 Å². The van der Waals surface area contributed by atoms with Crippen LogP contribution in [0.4, 0.5) is 5.69 Å². The van der Waals surface area contributed by atoms with Crippen LogP contribution in [0.25, 0.3) is 0 Å². The molecule has 1 aromatic rings. The monoisotopic (exact) mass is 378 g/mol. The Morgan fingerprint density at radius 2 is 2.00 bits per heavy atom. The maximum absolute atomic E-state index is 12.6. The van der Waals surface area contributed by atoms with E-state index in [1.54, 1.807) is 18.2 Å². The van der Waals surface area contributed by atoms with Gasteiger partial charge >= 0.3 is 0 Å². The largest absolute Gasteiger partial charge is 0.352 e. The Morgan fingerprint density at radius 1 is 1.31 bits per heavy atom. The van der Waals surface area contributed by atoms with Gasteiger partial charge in [-0.1, -0.05) is 23.7 Å². The molecule has 0 bridgehead atoms. The fourth-order valence-corrected chi connectivity index (χ4v) is 3.06. The number of benzene rings is 1. The molecule has 1 aliphatic rings. The van der Waals surface area contributed by atoms with Crippen LogP contribution in [0.5, 0.6) is 0 Å². The second-order valence-electron chi connectivity index (χ2n) is 6.53. The molecule has 2 amide bonds. The number of halogens is 1. The number of anilines is 1. The minimum absolute atomic E-state index is 0.000531. The zero-order valence-electron chi connectivity index (χ0n) is 15.4. The molecule has 26 heavy (non-hydrogen) atoms. The van der Waals surface area contributed by atoms with E-state index in [9.17, 15) is 9.59 Å². The summed E-state index contributed by atoms with van der Waals surface area (Å²) in [5.74, 6) is -0.0480. The van der Waals surface area contributed by atoms with Crippen LogP contribution in [0.15, 0.2) is 30.9 Å². The van der Waals surface area contributed by atoms with E-state index in [2.05, 4.69) is 27.0 Å². The highest BCUT2D eigenvalue weighted by molar-refractivity contribution is 6.31. The lowest BCUT2D eigenvalue weighted by atomic mass is 10.1. The lowest BCUT2D eigenvalue weighted by Gasteiger charge is -2.37. The highest BCUT2D eigenvalue weighted by Gasteiger charge is 2.26. The third kappa shape index (κ3) is 5.83. The number of nitrogens with one attached hydrogen (secondary N) is 2. The number of carbonyl (C=O) groups excluding carboxylic acids is 2. The van der Waals surface area contributed by atoms with Crippen molar-refractivity contribution in [2.24, 2.45) is 0 Å². The first-order valence-corrected chi connectivity index (χ1v) is 9.19. The number of hydrogen-bond acceptors (Lipinski definition) is 4. The number of rotatable bonds is 7. The molecule has 0 unspecified atom stereocenters. The van der Waals surface area contributed by atoms with E-state index in [-0.39, 0.29) is 17.9 Å². The highest BCUT2D eigenvalue weighted by Crippen LogP contribution is 2.20. The highest BCUT2D eigenvalue weighted by atomic mass is 35.5. The molecule has 142 valence electrons. The number of piperazine rings is 1. The maximum Gasteiger partial charge on any atom is 0.241 e. The van der Waals surface area contributed by atoms with Crippen molar-refractivity contribution in [3.05, 3.63) is 41.4 Å². The molecule has 1 heterocycles. The molecule has 1 atom stereocenters. The van der Waals surface area contributed by atoms with Crippen molar-refractivity contribution in [1.29, 1.82) is 0 Å². The minimum Gasteiger partial charge on any atom is -0.352 e. The molecule has 0 spiro atoms. The number of carbonyl (C=O) groups is 2. The number of aryl methyl sites for hydroxylation is 1. The average Bonchev–Trinajstić information content (AvgIpc) is 2.63. The molecule has 1 saturated heterocycles. The van der Waals surface area contributed by atoms with Gasteiger partial charge in [0, 0.05) is 43.4 Å². The zero-order valence-corrected chi connectivity index (χ0v) is 16.2. The smallest absolute Gasteiger partial charge is 0.241 e. The molecule has 0 radical (unpaired) electrons. The predicted molar refractivity (Wildman–Crippen MR) is 106 cm³/mol. The number of nitrogens with zero attached hydrogens (tertiary/aromatic N) is 2. The molecule has 2 rings (SSSR count). The SMILES string of the molecule is C=CCNC(=O)CN1CCN([C@@H](C)C(=O)Nc2cc(Cl)ccc2C)CC1. The van der Waals surface area contributed by atoms with Gasteiger partial charge in [-0.3, -0.25) is 19.4 Å². The maximum atomic E-state index is 12.6. The summed E-state index contributed by atoms with van der Waals surface area (Å²) >= 11 is 6.01. The number of hydrogen-bond donors (Lipinski definition) is 2. The lowest BCUT2D eigenvalue weighted by molar-refractivity contribution is -0.124. The van der Waals surface area contributed by atoms with E-state index in [4.69, 9.17) is 11.6 Å². The average molecular weight is 379 g/mol. The first kappa shape index (κ1) is 20.4. The Hall–Kier alpha value is -1.89. The van der Waals surface area contributed by atoms with Gasteiger partial charge in [-0.15, -0.1) is 6.58 Å². The van der Waals surface area contributed by atoms with Crippen molar-refractivity contribution in [2.75, 3.05) is 44.6 Å². The second kappa shape index (κ2) is 9.71. The molecular weight excluding hydrogens is 352 g/mol. The van der Waals surface area contributed by atoms with E-state index in [1.807, 2.05) is 19.9 Å². The van der Waals surface area contributed by atoms with Crippen molar-refractivity contribution in [2.45, 2.75) is 19.9 Å². The van der Waals surface area contributed by atoms with E-state index >= 15 is 0 Å². The van der Waals surface area contributed by atoms with Gasteiger partial charge in [0.25, 0.3) is 0 Å². The van der Waals surface area contributed by atoms with Crippen LogP contribution in [0.1, 0.15) is 12.5 Å². The molecule has 0 aromatic heterocycles. The summed E-state index contributed by atoms with van der Waals surface area (Å²) in [4.78, 5) is 28.6. The van der Waals surface area contributed by atoms with E-state index in [0.717, 1.165) is 37.4 Å². The van der Waals surface area contributed by atoms with Gasteiger partial charge < -0.3 is 10.6 Å². The first-order chi connectivity index (χ1) is 12.4. The molecule has 1 fully saturated rings. The summed E-state index contributed by atoms with van der Waals surface area (Å²) in [7, 11) is 0. The summed E-state index contributed by atoms with van der Waals surface area (Å²) in [6.07, 6.45) is 1.66. The van der Waals surface area contributed by atoms with Gasteiger partial charge in [-0.05, 0) is 31.5 Å². The predicted octanol–water partition coefficient (Wildman–Crippen LogP) is 1.90. The van der Waals surface area contributed by atoms with Gasteiger partial charge in [0.2, 0.25) is 11.8 Å². The zero-order chi connectivity index (χ0) is 19.1. The molecule has 2 N–H and O–H groups in total. The van der Waals surface area contributed by atoms with Crippen molar-refractivity contribution in [1.82, 2.24) is 15.1 Å². The van der Waals surface area contributed by atoms with Crippen molar-refractivity contribution < 1.29 is 9.59 Å². The molecule has 6 nitrogen and oxygen atoms in total. The summed E-state index contributed by atoms with van der Waals surface area (Å²) < 4.78 is 0. The Balaban J connectivity index is 1.82. The number of amides is 2. The van der Waals surface area contributed by atoms with Crippen molar-refractivity contribution >= 4 is 29.1 Å². The van der Waals surface area contributed by atoms with Gasteiger partial charge in [0.1, 0.15) is 0 Å². The Bertz CT molecular complexity index is 657. The normalized spacial score (nSPS) is 16.7. The molecule has 7 heteroatoms. The second-order valence-corrected chi connectivity index (χ2v) is 6.97. The van der Waals surface area contributed by atoms with Crippen LogP contribution in [0.3, 0.4) is 0 Å². The molecule has 0 aliphatic carbocycles. The minimum atomic E-state index is -0.245. The van der Waals surface area contributed by atoms with E-state index in [0.29, 0.717) is 18.1 Å². The molecular formula is C19H27ClN4O2. The Labute approximate surface area is 160 Å². The molecule has 1 aliphatic heterocycles. The van der Waals surface area contributed by atoms with Gasteiger partial charge in [-0.25, -0.2) is 0 Å². The fourth-order valence-electron chi connectivity index (χ4n) is 2.89. The van der Waals surface area contributed by atoms with Crippen molar-refractivity contribution in [3.8, 4) is 0 Å². The third-order valence-electron chi connectivity index (χ3n) is 4.60. The van der Waals surface area contributed by atoms with E-state index in [1.165, 1.54) is 0 Å². The first-order valence-electron chi connectivity index (χ1n) is 8.81. The van der Waals surface area contributed by atoms with Gasteiger partial charge in [0.15, 0.2) is 0 Å². The van der Waals surface area contributed by atoms with Crippen molar-refractivity contribution in [3.63, 3.8) is 0 Å². The topological polar surface area (TPSA) is 64.7 Å². The summed E-state index contributed by atoms with van der Waals surface area (Å²) in [5.41, 5.74) is 1.72. The quantitative estimate of drug-likeness (QED) is 0.711. The summed E-state index contributed by atoms with van der Waals surface area (Å²) in [5, 5.41) is 6.34. The van der Waals surface area contributed by atoms with Crippen LogP contribution in [-0.2, 0) is 9.59 Å². The molecule has 0 saturated carbocycles. The lowest BCUT2D eigenvalue weighted by Crippen LogP contribution is -2.54. The van der Waals surface area contributed by atoms with Gasteiger partial charge in [-0.2, -0.15) is 0 Å². The Morgan fingerprint density at radius 3 is 2.65 bits per heavy atom. The third-order valence-corrected chi connectivity index (χ3v) is 4.84. The van der Waals surface area contributed by atoms with Crippen LogP contribution in [0.2, 0.25) is 5.02 Å².